The van der Waals surface area contributed by atoms with Gasteiger partial charge in [0, 0.05) is 12.1 Å². The Morgan fingerprint density at radius 1 is 1.24 bits per heavy atom. The van der Waals surface area contributed by atoms with Crippen molar-refractivity contribution in [2.45, 2.75) is 0 Å². The number of aromatic nitrogens is 1. The van der Waals surface area contributed by atoms with Gasteiger partial charge in [-0.15, -0.1) is 0 Å². The lowest BCUT2D eigenvalue weighted by molar-refractivity contribution is 0.0686. The van der Waals surface area contributed by atoms with Gasteiger partial charge in [-0.05, 0) is 6.07 Å². The molecule has 0 saturated heterocycles. The van der Waals surface area contributed by atoms with Crippen molar-refractivity contribution in [2.75, 3.05) is 0 Å². The number of aromatic carboxylic acids is 1. The minimum Gasteiger partial charge on any atom is -0.505 e. The van der Waals surface area contributed by atoms with Gasteiger partial charge in [0.2, 0.25) is 0 Å². The molecule has 0 amide bonds. The van der Waals surface area contributed by atoms with Crippen LogP contribution in [0, 0.1) is 11.6 Å². The normalized spacial score (nSPS) is 10.5. The minimum atomic E-state index is -1.34. The van der Waals surface area contributed by atoms with Crippen LogP contribution < -0.4 is 0 Å². The number of carboxylic acid groups (broad SMARTS) is 1. The third-order valence-corrected chi connectivity index (χ3v) is 2.03. The molecule has 1 aromatic heterocycles. The zero-order chi connectivity index (χ0) is 12.6. The number of phenolic OH excluding ortho intramolecular Hbond substituents is 1. The summed E-state index contributed by atoms with van der Waals surface area (Å²) in [5.41, 5.74) is -0.688. The van der Waals surface area contributed by atoms with Crippen molar-refractivity contribution in [3.63, 3.8) is 0 Å². The van der Waals surface area contributed by atoms with Gasteiger partial charge in [-0.3, -0.25) is 0 Å². The fourth-order valence-electron chi connectivity index (χ4n) is 1.23. The third-order valence-electron chi connectivity index (χ3n) is 2.03. The van der Waals surface area contributed by atoms with Gasteiger partial charge in [0.05, 0.1) is 5.56 Å². The number of rotatable bonds is 2. The first-order valence-electron chi connectivity index (χ1n) is 4.37. The van der Waals surface area contributed by atoms with Crippen molar-refractivity contribution in [2.24, 2.45) is 0 Å². The molecule has 0 aliphatic heterocycles. The van der Waals surface area contributed by atoms with Crippen molar-refractivity contribution in [1.82, 2.24) is 5.16 Å². The molecular formula is C10H5F2NO4. The zero-order valence-corrected chi connectivity index (χ0v) is 8.15. The van der Waals surface area contributed by atoms with E-state index in [1.54, 1.807) is 0 Å². The monoisotopic (exact) mass is 241 g/mol. The summed E-state index contributed by atoms with van der Waals surface area (Å²) in [6.07, 6.45) is 0. The number of benzene rings is 1. The fourth-order valence-corrected chi connectivity index (χ4v) is 1.23. The van der Waals surface area contributed by atoms with Crippen LogP contribution in [0.4, 0.5) is 8.78 Å². The van der Waals surface area contributed by atoms with Crippen LogP contribution in [0.2, 0.25) is 0 Å². The van der Waals surface area contributed by atoms with Crippen LogP contribution in [0.5, 0.6) is 5.75 Å². The van der Waals surface area contributed by atoms with Gasteiger partial charge in [0.25, 0.3) is 0 Å². The van der Waals surface area contributed by atoms with Gasteiger partial charge in [0.1, 0.15) is 5.82 Å². The first-order chi connectivity index (χ1) is 7.99. The molecule has 0 bridgehead atoms. The van der Waals surface area contributed by atoms with E-state index in [1.165, 1.54) is 0 Å². The molecule has 0 unspecified atom stereocenters. The van der Waals surface area contributed by atoms with Crippen LogP contribution in [-0.4, -0.2) is 21.3 Å². The molecule has 0 saturated carbocycles. The molecule has 1 aromatic carbocycles. The van der Waals surface area contributed by atoms with Crippen LogP contribution in [0.3, 0.4) is 0 Å². The van der Waals surface area contributed by atoms with Gasteiger partial charge in [-0.1, -0.05) is 5.16 Å². The Bertz CT molecular complexity index is 594. The van der Waals surface area contributed by atoms with E-state index in [1.807, 2.05) is 0 Å². The number of aromatic hydroxyl groups is 1. The van der Waals surface area contributed by atoms with Crippen molar-refractivity contribution in [3.8, 4) is 17.1 Å². The number of hydrogen-bond acceptors (Lipinski definition) is 4. The highest BCUT2D eigenvalue weighted by Crippen LogP contribution is 2.29. The molecule has 2 rings (SSSR count). The van der Waals surface area contributed by atoms with Crippen molar-refractivity contribution in [1.29, 1.82) is 0 Å². The average molecular weight is 241 g/mol. The van der Waals surface area contributed by atoms with E-state index in [-0.39, 0.29) is 11.3 Å². The summed E-state index contributed by atoms with van der Waals surface area (Å²) >= 11 is 0. The van der Waals surface area contributed by atoms with Gasteiger partial charge >= 0.3 is 5.97 Å². The first kappa shape index (κ1) is 11.1. The Hall–Kier alpha value is -2.44. The maximum atomic E-state index is 13.3. The molecule has 2 N–H and O–H groups in total. The molecule has 0 aliphatic rings. The number of nitrogens with zero attached hydrogens (tertiary/aromatic N) is 1. The molecule has 7 heteroatoms. The number of hydrogen-bond donors (Lipinski definition) is 2. The Morgan fingerprint density at radius 3 is 2.53 bits per heavy atom. The molecular weight excluding hydrogens is 236 g/mol. The maximum absolute atomic E-state index is 13.3. The molecule has 88 valence electrons. The topological polar surface area (TPSA) is 83.6 Å². The second-order valence-corrected chi connectivity index (χ2v) is 3.17. The minimum absolute atomic E-state index is 0.213. The summed E-state index contributed by atoms with van der Waals surface area (Å²) in [5, 5.41) is 20.8. The predicted molar refractivity (Wildman–Crippen MR) is 50.5 cm³/mol. The summed E-state index contributed by atoms with van der Waals surface area (Å²) in [4.78, 5) is 10.5. The summed E-state index contributed by atoms with van der Waals surface area (Å²) in [7, 11) is 0. The molecule has 1 heterocycles. The fraction of sp³-hybridized carbons (Fsp3) is 0. The molecule has 0 radical (unpaired) electrons. The van der Waals surface area contributed by atoms with E-state index >= 15 is 0 Å². The molecule has 5 nitrogen and oxygen atoms in total. The Labute approximate surface area is 92.9 Å². The maximum Gasteiger partial charge on any atom is 0.358 e. The van der Waals surface area contributed by atoms with Crippen molar-refractivity contribution < 1.29 is 28.3 Å². The van der Waals surface area contributed by atoms with Crippen LogP contribution in [0.15, 0.2) is 22.7 Å². The van der Waals surface area contributed by atoms with E-state index < -0.39 is 29.0 Å². The number of halogens is 2. The van der Waals surface area contributed by atoms with E-state index in [0.717, 1.165) is 12.1 Å². The third kappa shape index (κ3) is 1.94. The Morgan fingerprint density at radius 2 is 1.94 bits per heavy atom. The standard InChI is InChI=1S/C10H5F2NO4/c11-5-2-6(12)8(14)1-4(5)9-3-7(10(15)16)13-17-9/h1-3,14H,(H,15,16). The Kier molecular flexibility index (Phi) is 2.51. The highest BCUT2D eigenvalue weighted by molar-refractivity contribution is 5.86. The van der Waals surface area contributed by atoms with Crippen LogP contribution in [-0.2, 0) is 0 Å². The second-order valence-electron chi connectivity index (χ2n) is 3.17. The highest BCUT2D eigenvalue weighted by atomic mass is 19.1. The summed E-state index contributed by atoms with van der Waals surface area (Å²) in [6.45, 7) is 0. The Balaban J connectivity index is 2.52. The smallest absolute Gasteiger partial charge is 0.358 e. The first-order valence-corrected chi connectivity index (χ1v) is 4.37. The highest BCUT2D eigenvalue weighted by Gasteiger charge is 2.17. The SMILES string of the molecule is O=C(O)c1cc(-c2cc(O)c(F)cc2F)on1. The molecule has 0 atom stereocenters. The van der Waals surface area contributed by atoms with Gasteiger partial charge < -0.3 is 14.7 Å². The van der Waals surface area contributed by atoms with Gasteiger partial charge in [-0.2, -0.15) is 0 Å². The number of phenols is 1. The van der Waals surface area contributed by atoms with Gasteiger partial charge in [-0.25, -0.2) is 13.6 Å². The predicted octanol–water partition coefficient (Wildman–Crippen LogP) is 2.02. The van der Waals surface area contributed by atoms with E-state index in [2.05, 4.69) is 9.68 Å². The van der Waals surface area contributed by atoms with E-state index in [4.69, 9.17) is 10.2 Å². The van der Waals surface area contributed by atoms with E-state index in [0.29, 0.717) is 6.07 Å². The van der Waals surface area contributed by atoms with Crippen LogP contribution in [0.25, 0.3) is 11.3 Å². The molecule has 17 heavy (non-hydrogen) atoms. The zero-order valence-electron chi connectivity index (χ0n) is 8.15. The largest absolute Gasteiger partial charge is 0.505 e. The molecule has 2 aromatic rings. The summed E-state index contributed by atoms with van der Waals surface area (Å²) in [5.74, 6) is -4.44. The average Bonchev–Trinajstić information content (AvgIpc) is 2.72. The van der Waals surface area contributed by atoms with Crippen LogP contribution in [0.1, 0.15) is 10.5 Å². The molecule has 0 fully saturated rings. The lowest BCUT2D eigenvalue weighted by Crippen LogP contribution is -1.94. The quantitative estimate of drug-likeness (QED) is 0.840. The second kappa shape index (κ2) is 3.85. The molecule has 0 spiro atoms. The summed E-state index contributed by atoms with van der Waals surface area (Å²) in [6, 6.07) is 2.22. The molecule has 0 aliphatic carbocycles. The van der Waals surface area contributed by atoms with Crippen molar-refractivity contribution in [3.05, 3.63) is 35.5 Å². The van der Waals surface area contributed by atoms with E-state index in [9.17, 15) is 13.6 Å². The van der Waals surface area contributed by atoms with Gasteiger partial charge in [0.15, 0.2) is 23.0 Å². The lowest BCUT2D eigenvalue weighted by atomic mass is 10.1. The number of carboxylic acids is 1. The lowest BCUT2D eigenvalue weighted by Gasteiger charge is -2.00. The summed E-state index contributed by atoms with van der Waals surface area (Å²) < 4.78 is 30.7. The number of carbonyl (C=O) groups is 1. The van der Waals surface area contributed by atoms with Crippen molar-refractivity contribution >= 4 is 5.97 Å². The van der Waals surface area contributed by atoms with Crippen LogP contribution >= 0.6 is 0 Å².